The van der Waals surface area contributed by atoms with Gasteiger partial charge in [0.2, 0.25) is 12.5 Å². The van der Waals surface area contributed by atoms with Crippen LogP contribution < -0.4 is 19.5 Å². The van der Waals surface area contributed by atoms with E-state index in [4.69, 9.17) is 14.2 Å². The SMILES string of the molecule is CC[C@H](c1cc(OC)c2c(c1)OCO2)N1CCNCC1.Cl.Cl. The highest BCUT2D eigenvalue weighted by Gasteiger charge is 2.26. The standard InChI is InChI=1S/C15H22N2O3.2ClH/c1-3-12(17-6-4-16-5-7-17)11-8-13(18-2)15-14(9-11)19-10-20-15;;/h8-9,12,16H,3-7,10H2,1-2H3;2*1H/t12-;;/m1../s1. The van der Waals surface area contributed by atoms with Crippen LogP contribution in [0.4, 0.5) is 0 Å². The second kappa shape index (κ2) is 8.67. The average Bonchev–Trinajstić information content (AvgIpc) is 2.97. The Morgan fingerprint density at radius 2 is 1.95 bits per heavy atom. The fourth-order valence-corrected chi connectivity index (χ4v) is 3.04. The maximum Gasteiger partial charge on any atom is 0.231 e. The number of halogens is 2. The highest BCUT2D eigenvalue weighted by molar-refractivity contribution is 5.85. The van der Waals surface area contributed by atoms with E-state index in [-0.39, 0.29) is 31.6 Å². The van der Waals surface area contributed by atoms with Gasteiger partial charge in [-0.2, -0.15) is 0 Å². The van der Waals surface area contributed by atoms with Crippen molar-refractivity contribution < 1.29 is 14.2 Å². The molecular weight excluding hydrogens is 327 g/mol. The topological polar surface area (TPSA) is 43.0 Å². The number of methoxy groups -OCH3 is 1. The van der Waals surface area contributed by atoms with Gasteiger partial charge in [-0.15, -0.1) is 24.8 Å². The minimum atomic E-state index is 0. The molecule has 0 unspecified atom stereocenters. The van der Waals surface area contributed by atoms with Crippen LogP contribution in [0.2, 0.25) is 0 Å². The molecule has 126 valence electrons. The molecule has 0 radical (unpaired) electrons. The zero-order valence-electron chi connectivity index (χ0n) is 13.0. The highest BCUT2D eigenvalue weighted by Crippen LogP contribution is 2.44. The molecular formula is C15H24Cl2N2O3. The minimum Gasteiger partial charge on any atom is -0.493 e. The fraction of sp³-hybridized carbons (Fsp3) is 0.600. The van der Waals surface area contributed by atoms with Crippen LogP contribution in [0.15, 0.2) is 12.1 Å². The zero-order valence-corrected chi connectivity index (χ0v) is 14.6. The van der Waals surface area contributed by atoms with Crippen LogP contribution in [0.25, 0.3) is 0 Å². The highest BCUT2D eigenvalue weighted by atomic mass is 35.5. The predicted octanol–water partition coefficient (Wildman–Crippen LogP) is 2.62. The predicted molar refractivity (Wildman–Crippen MR) is 91.1 cm³/mol. The van der Waals surface area contributed by atoms with Crippen molar-refractivity contribution in [3.05, 3.63) is 17.7 Å². The number of fused-ring (bicyclic) bond motifs is 1. The van der Waals surface area contributed by atoms with E-state index in [9.17, 15) is 0 Å². The lowest BCUT2D eigenvalue weighted by molar-refractivity contribution is 0.167. The number of rotatable bonds is 4. The lowest BCUT2D eigenvalue weighted by atomic mass is 10.0. The summed E-state index contributed by atoms with van der Waals surface area (Å²) in [5, 5.41) is 3.40. The maximum atomic E-state index is 5.53. The van der Waals surface area contributed by atoms with Gasteiger partial charge in [0, 0.05) is 32.2 Å². The van der Waals surface area contributed by atoms with Gasteiger partial charge in [-0.05, 0) is 24.1 Å². The summed E-state index contributed by atoms with van der Waals surface area (Å²) in [6.45, 7) is 6.77. The van der Waals surface area contributed by atoms with Crippen molar-refractivity contribution in [2.24, 2.45) is 0 Å². The summed E-state index contributed by atoms with van der Waals surface area (Å²) in [6.07, 6.45) is 1.07. The van der Waals surface area contributed by atoms with Crippen molar-refractivity contribution in [2.75, 3.05) is 40.1 Å². The van der Waals surface area contributed by atoms with Gasteiger partial charge in [0.05, 0.1) is 7.11 Å². The molecule has 0 amide bonds. The van der Waals surface area contributed by atoms with E-state index in [0.717, 1.165) is 49.8 Å². The van der Waals surface area contributed by atoms with Crippen molar-refractivity contribution in [2.45, 2.75) is 19.4 Å². The second-order valence-corrected chi connectivity index (χ2v) is 5.17. The number of nitrogens with one attached hydrogen (secondary N) is 1. The van der Waals surface area contributed by atoms with Crippen molar-refractivity contribution >= 4 is 24.8 Å². The van der Waals surface area contributed by atoms with E-state index >= 15 is 0 Å². The Balaban J connectivity index is 0.00000121. The first kappa shape index (κ1) is 19.2. The number of benzene rings is 1. The van der Waals surface area contributed by atoms with Crippen molar-refractivity contribution in [1.82, 2.24) is 10.2 Å². The zero-order chi connectivity index (χ0) is 13.9. The van der Waals surface area contributed by atoms with Gasteiger partial charge < -0.3 is 19.5 Å². The lowest BCUT2D eigenvalue weighted by Crippen LogP contribution is -2.45. The van der Waals surface area contributed by atoms with Gasteiger partial charge in [0.15, 0.2) is 11.5 Å². The van der Waals surface area contributed by atoms with Gasteiger partial charge >= 0.3 is 0 Å². The molecule has 5 nitrogen and oxygen atoms in total. The summed E-state index contributed by atoms with van der Waals surface area (Å²) in [5.74, 6) is 2.29. The number of piperazine rings is 1. The van der Waals surface area contributed by atoms with E-state index in [2.05, 4.69) is 29.3 Å². The van der Waals surface area contributed by atoms with E-state index in [1.807, 2.05) is 0 Å². The quantitative estimate of drug-likeness (QED) is 0.903. The number of hydrogen-bond donors (Lipinski definition) is 1. The van der Waals surface area contributed by atoms with Crippen molar-refractivity contribution in [1.29, 1.82) is 0 Å². The molecule has 1 aromatic carbocycles. The molecule has 0 saturated carbocycles. The molecule has 1 aromatic rings. The lowest BCUT2D eigenvalue weighted by Gasteiger charge is -2.34. The molecule has 0 aliphatic carbocycles. The van der Waals surface area contributed by atoms with Gasteiger partial charge in [0.1, 0.15) is 0 Å². The largest absolute Gasteiger partial charge is 0.493 e. The molecule has 2 heterocycles. The van der Waals surface area contributed by atoms with Gasteiger partial charge in [-0.25, -0.2) is 0 Å². The number of hydrogen-bond acceptors (Lipinski definition) is 5. The Morgan fingerprint density at radius 3 is 2.59 bits per heavy atom. The molecule has 0 spiro atoms. The molecule has 0 aromatic heterocycles. The third-order valence-corrected chi connectivity index (χ3v) is 4.04. The Morgan fingerprint density at radius 1 is 1.23 bits per heavy atom. The molecule has 1 fully saturated rings. The van der Waals surface area contributed by atoms with E-state index in [1.165, 1.54) is 5.56 Å². The Bertz CT molecular complexity index is 482. The molecule has 2 aliphatic heterocycles. The van der Waals surface area contributed by atoms with Gasteiger partial charge in [-0.1, -0.05) is 6.92 Å². The maximum absolute atomic E-state index is 5.53. The average molecular weight is 351 g/mol. The monoisotopic (exact) mass is 350 g/mol. The van der Waals surface area contributed by atoms with Crippen LogP contribution in [-0.4, -0.2) is 45.0 Å². The normalized spacial score (nSPS) is 18.1. The Hall–Kier alpha value is -0.880. The molecule has 2 aliphatic rings. The molecule has 22 heavy (non-hydrogen) atoms. The van der Waals surface area contributed by atoms with E-state index in [0.29, 0.717) is 6.04 Å². The fourth-order valence-electron chi connectivity index (χ4n) is 3.04. The first-order chi connectivity index (χ1) is 9.83. The molecule has 0 bridgehead atoms. The van der Waals surface area contributed by atoms with E-state index in [1.54, 1.807) is 7.11 Å². The first-order valence-corrected chi connectivity index (χ1v) is 7.25. The van der Waals surface area contributed by atoms with Crippen LogP contribution in [0.5, 0.6) is 17.2 Å². The molecule has 1 atom stereocenters. The molecule has 1 saturated heterocycles. The van der Waals surface area contributed by atoms with Crippen LogP contribution in [0, 0.1) is 0 Å². The first-order valence-electron chi connectivity index (χ1n) is 7.25. The minimum absolute atomic E-state index is 0. The second-order valence-electron chi connectivity index (χ2n) is 5.17. The van der Waals surface area contributed by atoms with E-state index < -0.39 is 0 Å². The molecule has 1 N–H and O–H groups in total. The van der Waals surface area contributed by atoms with Crippen LogP contribution in [-0.2, 0) is 0 Å². The van der Waals surface area contributed by atoms with Crippen LogP contribution in [0.3, 0.4) is 0 Å². The third-order valence-electron chi connectivity index (χ3n) is 4.04. The van der Waals surface area contributed by atoms with Gasteiger partial charge in [-0.3, -0.25) is 4.90 Å². The van der Waals surface area contributed by atoms with Gasteiger partial charge in [0.25, 0.3) is 0 Å². The van der Waals surface area contributed by atoms with Crippen molar-refractivity contribution in [3.63, 3.8) is 0 Å². The summed E-state index contributed by atoms with van der Waals surface area (Å²) in [4.78, 5) is 2.52. The van der Waals surface area contributed by atoms with Crippen molar-refractivity contribution in [3.8, 4) is 17.2 Å². The summed E-state index contributed by atoms with van der Waals surface area (Å²) in [6, 6.07) is 4.59. The summed E-state index contributed by atoms with van der Waals surface area (Å²) in [7, 11) is 1.67. The Kier molecular flexibility index (Phi) is 7.56. The number of ether oxygens (including phenoxy) is 3. The summed E-state index contributed by atoms with van der Waals surface area (Å²) >= 11 is 0. The molecule has 7 heteroatoms. The smallest absolute Gasteiger partial charge is 0.231 e. The van der Waals surface area contributed by atoms with Crippen LogP contribution >= 0.6 is 24.8 Å². The molecule has 3 rings (SSSR count). The summed E-state index contributed by atoms with van der Waals surface area (Å²) < 4.78 is 16.4. The summed E-state index contributed by atoms with van der Waals surface area (Å²) in [5.41, 5.74) is 1.25. The number of nitrogens with zero attached hydrogens (tertiary/aromatic N) is 1. The van der Waals surface area contributed by atoms with Crippen LogP contribution in [0.1, 0.15) is 24.9 Å². The Labute approximate surface area is 144 Å². The third kappa shape index (κ3) is 3.71.